The molecule has 1 aliphatic carbocycles. The number of hydrogen-bond acceptors (Lipinski definition) is 4. The van der Waals surface area contributed by atoms with Gasteiger partial charge in [0.05, 0.1) is 5.57 Å². The summed E-state index contributed by atoms with van der Waals surface area (Å²) in [5, 5.41) is 17.5. The van der Waals surface area contributed by atoms with Crippen LogP contribution in [0.15, 0.2) is 39.9 Å². The average Bonchev–Trinajstić information content (AvgIpc) is 3.31. The molecule has 0 bridgehead atoms. The Hall–Kier alpha value is -2.35. The zero-order valence-corrected chi connectivity index (χ0v) is 20.7. The molecular formula is C24H23Cl2N5OS. The molecule has 1 aromatic heterocycles. The molecule has 33 heavy (non-hydrogen) atoms. The molecule has 9 heteroatoms. The number of nitrogens with zero attached hydrogens (tertiary/aromatic N) is 4. The van der Waals surface area contributed by atoms with E-state index in [2.05, 4.69) is 10.1 Å². The quantitative estimate of drug-likeness (QED) is 0.483. The molecule has 1 saturated carbocycles. The molecule has 5 rings (SSSR count). The molecule has 0 unspecified atom stereocenters. The van der Waals surface area contributed by atoms with Gasteiger partial charge in [0.1, 0.15) is 5.04 Å². The molecule has 0 atom stereocenters. The Bertz CT molecular complexity index is 1250. The lowest BCUT2D eigenvalue weighted by molar-refractivity contribution is -0.114. The number of hydrazone groups is 1. The van der Waals surface area contributed by atoms with Crippen LogP contribution in [0.25, 0.3) is 11.8 Å². The predicted molar refractivity (Wildman–Crippen MR) is 137 cm³/mol. The zero-order chi connectivity index (χ0) is 23.3. The lowest BCUT2D eigenvalue weighted by Gasteiger charge is -2.20. The van der Waals surface area contributed by atoms with Gasteiger partial charge in [-0.05, 0) is 74.4 Å². The van der Waals surface area contributed by atoms with Crippen LogP contribution in [0.2, 0.25) is 10.0 Å². The first-order chi connectivity index (χ1) is 15.8. The maximum Gasteiger partial charge on any atom is 0.283 e. The van der Waals surface area contributed by atoms with Crippen LogP contribution in [0, 0.1) is 25.2 Å². The fraction of sp³-hybridized carbons (Fsp3) is 0.333. The van der Waals surface area contributed by atoms with Crippen molar-refractivity contribution in [3.05, 3.63) is 56.8 Å². The minimum absolute atomic E-state index is 0.0684. The van der Waals surface area contributed by atoms with E-state index in [1.54, 1.807) is 12.1 Å². The van der Waals surface area contributed by atoms with E-state index in [0.29, 0.717) is 21.1 Å². The number of aliphatic imine (C=N–C) groups is 1. The maximum atomic E-state index is 12.9. The number of carbonyl (C=O) groups excluding carboxylic acids is 1. The number of amidine groups is 2. The Morgan fingerprint density at radius 3 is 2.48 bits per heavy atom. The van der Waals surface area contributed by atoms with E-state index in [4.69, 9.17) is 28.6 Å². The van der Waals surface area contributed by atoms with Crippen LogP contribution in [-0.4, -0.2) is 31.5 Å². The summed E-state index contributed by atoms with van der Waals surface area (Å²) >= 11 is 13.8. The first-order valence-corrected chi connectivity index (χ1v) is 12.5. The van der Waals surface area contributed by atoms with Crippen molar-refractivity contribution in [2.24, 2.45) is 16.0 Å². The normalized spacial score (nSPS) is 20.4. The topological polar surface area (TPSA) is 73.8 Å². The number of amides is 1. The molecule has 2 aliphatic heterocycles. The van der Waals surface area contributed by atoms with E-state index < -0.39 is 5.91 Å². The summed E-state index contributed by atoms with van der Waals surface area (Å²) in [6.07, 6.45) is 7.61. The molecule has 6 nitrogen and oxygen atoms in total. The van der Waals surface area contributed by atoms with Gasteiger partial charge in [-0.2, -0.15) is 15.1 Å². The van der Waals surface area contributed by atoms with Crippen molar-refractivity contribution in [1.82, 2.24) is 9.58 Å². The van der Waals surface area contributed by atoms with Gasteiger partial charge in [-0.15, -0.1) is 0 Å². The lowest BCUT2D eigenvalue weighted by atomic mass is 9.90. The number of hydrogen-bond donors (Lipinski definition) is 1. The molecule has 0 spiro atoms. The smallest absolute Gasteiger partial charge is 0.283 e. The molecular weight excluding hydrogens is 477 g/mol. The Labute approximate surface area is 206 Å². The van der Waals surface area contributed by atoms with Gasteiger partial charge >= 0.3 is 0 Å². The third-order valence-electron chi connectivity index (χ3n) is 6.30. The van der Waals surface area contributed by atoms with Crippen LogP contribution in [0.3, 0.4) is 0 Å². The number of benzene rings is 1. The Morgan fingerprint density at radius 1 is 1.09 bits per heavy atom. The minimum atomic E-state index is -0.408. The van der Waals surface area contributed by atoms with Crippen LogP contribution in [-0.2, 0) is 4.79 Å². The number of halogens is 2. The van der Waals surface area contributed by atoms with Crippen molar-refractivity contribution in [2.75, 3.05) is 0 Å². The van der Waals surface area contributed by atoms with Gasteiger partial charge in [0.15, 0.2) is 5.84 Å². The Morgan fingerprint density at radius 2 is 1.79 bits per heavy atom. The number of thioether (sulfide) groups is 1. The highest BCUT2D eigenvalue weighted by atomic mass is 35.5. The fourth-order valence-corrected chi connectivity index (χ4v) is 6.25. The molecule has 0 radical (unpaired) electrons. The SMILES string of the molecule is Cc1cc(C=C2C(=N)N3N=C(C4CCCCC4)SC3=NC2=O)c(C)n1-c1cc(Cl)cc(Cl)c1. The predicted octanol–water partition coefficient (Wildman–Crippen LogP) is 6.60. The lowest BCUT2D eigenvalue weighted by Crippen LogP contribution is -2.35. The summed E-state index contributed by atoms with van der Waals surface area (Å²) in [6.45, 7) is 3.94. The molecule has 3 heterocycles. The third-order valence-corrected chi connectivity index (χ3v) is 7.81. The summed E-state index contributed by atoms with van der Waals surface area (Å²) in [6, 6.07) is 7.36. The van der Waals surface area contributed by atoms with Crippen molar-refractivity contribution < 1.29 is 4.79 Å². The van der Waals surface area contributed by atoms with Gasteiger partial charge < -0.3 is 4.57 Å². The van der Waals surface area contributed by atoms with E-state index >= 15 is 0 Å². The summed E-state index contributed by atoms with van der Waals surface area (Å²) in [4.78, 5) is 17.1. The molecule has 1 aromatic carbocycles. The van der Waals surface area contributed by atoms with Crippen LogP contribution in [0.1, 0.15) is 49.1 Å². The average molecular weight is 500 g/mol. The highest BCUT2D eigenvalue weighted by molar-refractivity contribution is 8.27. The van der Waals surface area contributed by atoms with Gasteiger partial charge in [-0.1, -0.05) is 42.5 Å². The molecule has 1 N–H and O–H groups in total. The summed E-state index contributed by atoms with van der Waals surface area (Å²) in [7, 11) is 0. The number of rotatable bonds is 3. The highest BCUT2D eigenvalue weighted by Crippen LogP contribution is 2.36. The Kier molecular flexibility index (Phi) is 5.97. The highest BCUT2D eigenvalue weighted by Gasteiger charge is 2.38. The first kappa shape index (κ1) is 22.4. The second-order valence-corrected chi connectivity index (χ2v) is 10.4. The largest absolute Gasteiger partial charge is 0.318 e. The van der Waals surface area contributed by atoms with Gasteiger partial charge in [0, 0.05) is 33.0 Å². The van der Waals surface area contributed by atoms with Gasteiger partial charge in [0.25, 0.3) is 5.91 Å². The van der Waals surface area contributed by atoms with Crippen molar-refractivity contribution in [3.63, 3.8) is 0 Å². The molecule has 2 aromatic rings. The van der Waals surface area contributed by atoms with Gasteiger partial charge in [-0.3, -0.25) is 10.2 Å². The molecule has 1 amide bonds. The van der Waals surface area contributed by atoms with E-state index in [9.17, 15) is 4.79 Å². The van der Waals surface area contributed by atoms with E-state index in [0.717, 1.165) is 40.5 Å². The number of carbonyl (C=O) groups is 1. The van der Waals surface area contributed by atoms with E-state index in [1.807, 2.05) is 36.6 Å². The number of aryl methyl sites for hydroxylation is 1. The van der Waals surface area contributed by atoms with Crippen LogP contribution < -0.4 is 0 Å². The second kappa shape index (κ2) is 8.78. The van der Waals surface area contributed by atoms with Gasteiger partial charge in [-0.25, -0.2) is 0 Å². The van der Waals surface area contributed by atoms with Crippen molar-refractivity contribution in [3.8, 4) is 5.69 Å². The molecule has 0 saturated heterocycles. The van der Waals surface area contributed by atoms with Crippen LogP contribution >= 0.6 is 35.0 Å². The Balaban J connectivity index is 1.49. The van der Waals surface area contributed by atoms with Crippen molar-refractivity contribution in [2.45, 2.75) is 46.0 Å². The summed E-state index contributed by atoms with van der Waals surface area (Å²) in [5.41, 5.74) is 3.79. The zero-order valence-electron chi connectivity index (χ0n) is 18.4. The first-order valence-electron chi connectivity index (χ1n) is 11.0. The summed E-state index contributed by atoms with van der Waals surface area (Å²) < 4.78 is 2.03. The van der Waals surface area contributed by atoms with Gasteiger partial charge in [0.2, 0.25) is 5.17 Å². The monoisotopic (exact) mass is 499 g/mol. The molecule has 170 valence electrons. The van der Waals surface area contributed by atoms with E-state index in [1.165, 1.54) is 36.0 Å². The van der Waals surface area contributed by atoms with Crippen LogP contribution in [0.4, 0.5) is 0 Å². The maximum absolute atomic E-state index is 12.9. The van der Waals surface area contributed by atoms with Crippen molar-refractivity contribution in [1.29, 1.82) is 5.41 Å². The number of aromatic nitrogens is 1. The number of nitrogens with one attached hydrogen (secondary N) is 1. The number of fused-ring (bicyclic) bond motifs is 1. The van der Waals surface area contributed by atoms with E-state index in [-0.39, 0.29) is 11.4 Å². The van der Waals surface area contributed by atoms with Crippen molar-refractivity contribution >= 4 is 63.0 Å². The second-order valence-electron chi connectivity index (χ2n) is 8.58. The molecule has 3 aliphatic rings. The fourth-order valence-electron chi connectivity index (χ4n) is 4.68. The van der Waals surface area contributed by atoms with Crippen LogP contribution in [0.5, 0.6) is 0 Å². The molecule has 1 fully saturated rings. The summed E-state index contributed by atoms with van der Waals surface area (Å²) in [5.74, 6) is 0.0594. The minimum Gasteiger partial charge on any atom is -0.318 e. The standard InChI is InChI=1S/C24H23Cl2N5OS/c1-13-8-16(14(2)30(13)19-11-17(25)10-18(26)12-19)9-20-21(27)31-24(28-22(20)32)33-23(29-31)15-6-4-3-5-7-15/h8-12,15,27H,3-7H2,1-2H3. The third kappa shape index (κ3) is 4.18.